The molecule has 0 saturated carbocycles. The molecule has 1 aliphatic heterocycles. The standard InChI is InChI=1S/C9H17NO2/c1-2-3-4-5-9(10)6-7-12-8(9)11/h2-7,10H2,1H3. The highest BCUT2D eigenvalue weighted by molar-refractivity contribution is 5.82. The maximum atomic E-state index is 11.1. The van der Waals surface area contributed by atoms with Gasteiger partial charge in [0, 0.05) is 6.42 Å². The van der Waals surface area contributed by atoms with Gasteiger partial charge in [-0.15, -0.1) is 0 Å². The van der Waals surface area contributed by atoms with E-state index in [1.807, 2.05) is 0 Å². The number of ether oxygens (including phenoxy) is 1. The maximum absolute atomic E-state index is 11.1. The van der Waals surface area contributed by atoms with Crippen molar-refractivity contribution < 1.29 is 9.53 Å². The molecule has 0 aromatic carbocycles. The highest BCUT2D eigenvalue weighted by atomic mass is 16.5. The number of carbonyl (C=O) groups excluding carboxylic acids is 1. The number of carbonyl (C=O) groups is 1. The van der Waals surface area contributed by atoms with Crippen molar-refractivity contribution in [1.29, 1.82) is 0 Å². The van der Waals surface area contributed by atoms with Gasteiger partial charge in [-0.05, 0) is 6.42 Å². The van der Waals surface area contributed by atoms with Crippen LogP contribution in [0.4, 0.5) is 0 Å². The Morgan fingerprint density at radius 3 is 2.83 bits per heavy atom. The van der Waals surface area contributed by atoms with Crippen LogP contribution in [0.1, 0.15) is 39.0 Å². The molecule has 0 amide bonds. The summed E-state index contributed by atoms with van der Waals surface area (Å²) in [5.41, 5.74) is 5.21. The van der Waals surface area contributed by atoms with Gasteiger partial charge in [0.2, 0.25) is 0 Å². The third kappa shape index (κ3) is 1.97. The van der Waals surface area contributed by atoms with Crippen molar-refractivity contribution in [3.05, 3.63) is 0 Å². The average Bonchev–Trinajstić information content (AvgIpc) is 2.34. The summed E-state index contributed by atoms with van der Waals surface area (Å²) in [5, 5.41) is 0. The maximum Gasteiger partial charge on any atom is 0.326 e. The van der Waals surface area contributed by atoms with E-state index in [1.54, 1.807) is 0 Å². The Kier molecular flexibility index (Phi) is 3.09. The fourth-order valence-corrected chi connectivity index (χ4v) is 1.49. The lowest BCUT2D eigenvalue weighted by Crippen LogP contribution is -2.44. The SMILES string of the molecule is CCCCCC1(N)CCOC1=O. The Hall–Kier alpha value is -0.570. The lowest BCUT2D eigenvalue weighted by Gasteiger charge is -2.17. The van der Waals surface area contributed by atoms with Crippen LogP contribution in [-0.4, -0.2) is 18.1 Å². The molecule has 0 spiro atoms. The van der Waals surface area contributed by atoms with Crippen LogP contribution >= 0.6 is 0 Å². The van der Waals surface area contributed by atoms with Crippen LogP contribution in [-0.2, 0) is 9.53 Å². The Balaban J connectivity index is 2.33. The molecule has 0 aromatic heterocycles. The molecular weight excluding hydrogens is 154 g/mol. The van der Waals surface area contributed by atoms with E-state index in [0.717, 1.165) is 25.7 Å². The Labute approximate surface area is 73.3 Å². The van der Waals surface area contributed by atoms with E-state index in [1.165, 1.54) is 0 Å². The third-order valence-corrected chi connectivity index (χ3v) is 2.41. The second-order valence-corrected chi connectivity index (χ2v) is 3.50. The molecule has 70 valence electrons. The zero-order chi connectivity index (χ0) is 9.03. The summed E-state index contributed by atoms with van der Waals surface area (Å²) in [6.45, 7) is 2.64. The van der Waals surface area contributed by atoms with Gasteiger partial charge in [0.25, 0.3) is 0 Å². The lowest BCUT2D eigenvalue weighted by molar-refractivity contribution is -0.142. The van der Waals surface area contributed by atoms with Crippen LogP contribution in [0.15, 0.2) is 0 Å². The van der Waals surface area contributed by atoms with Gasteiger partial charge in [-0.1, -0.05) is 26.2 Å². The van der Waals surface area contributed by atoms with Crippen LogP contribution in [0.25, 0.3) is 0 Å². The molecule has 0 aliphatic carbocycles. The van der Waals surface area contributed by atoms with E-state index in [9.17, 15) is 4.79 Å². The first-order valence-electron chi connectivity index (χ1n) is 4.65. The molecular formula is C9H17NO2. The van der Waals surface area contributed by atoms with E-state index in [2.05, 4.69) is 6.92 Å². The second-order valence-electron chi connectivity index (χ2n) is 3.50. The molecule has 1 heterocycles. The first-order valence-corrected chi connectivity index (χ1v) is 4.65. The first-order chi connectivity index (χ1) is 5.69. The normalized spacial score (nSPS) is 29.0. The van der Waals surface area contributed by atoms with E-state index < -0.39 is 5.54 Å². The monoisotopic (exact) mass is 171 g/mol. The van der Waals surface area contributed by atoms with Crippen LogP contribution in [0.3, 0.4) is 0 Å². The van der Waals surface area contributed by atoms with Gasteiger partial charge in [-0.25, -0.2) is 0 Å². The molecule has 1 fully saturated rings. The fourth-order valence-electron chi connectivity index (χ4n) is 1.49. The number of rotatable bonds is 4. The Morgan fingerprint density at radius 1 is 1.58 bits per heavy atom. The van der Waals surface area contributed by atoms with Gasteiger partial charge < -0.3 is 10.5 Å². The summed E-state index contributed by atoms with van der Waals surface area (Å²) >= 11 is 0. The highest BCUT2D eigenvalue weighted by Crippen LogP contribution is 2.23. The van der Waals surface area contributed by atoms with Gasteiger partial charge in [0.1, 0.15) is 5.54 Å². The van der Waals surface area contributed by atoms with Crippen LogP contribution in [0.2, 0.25) is 0 Å². The molecule has 1 unspecified atom stereocenters. The summed E-state index contributed by atoms with van der Waals surface area (Å²) in [5.74, 6) is -0.210. The minimum atomic E-state index is -0.658. The molecule has 3 nitrogen and oxygen atoms in total. The number of hydrogen-bond acceptors (Lipinski definition) is 3. The zero-order valence-corrected chi connectivity index (χ0v) is 7.64. The quantitative estimate of drug-likeness (QED) is 0.511. The molecule has 0 radical (unpaired) electrons. The van der Waals surface area contributed by atoms with Crippen molar-refractivity contribution in [1.82, 2.24) is 0 Å². The van der Waals surface area contributed by atoms with E-state index in [0.29, 0.717) is 13.0 Å². The van der Waals surface area contributed by atoms with Crippen LogP contribution in [0.5, 0.6) is 0 Å². The summed E-state index contributed by atoms with van der Waals surface area (Å²) in [7, 11) is 0. The zero-order valence-electron chi connectivity index (χ0n) is 7.64. The van der Waals surface area contributed by atoms with Gasteiger partial charge in [-0.2, -0.15) is 0 Å². The van der Waals surface area contributed by atoms with Gasteiger partial charge in [0.15, 0.2) is 0 Å². The largest absolute Gasteiger partial charge is 0.464 e. The number of unbranched alkanes of at least 4 members (excludes halogenated alkanes) is 2. The van der Waals surface area contributed by atoms with Crippen molar-refractivity contribution in [2.24, 2.45) is 5.73 Å². The number of esters is 1. The van der Waals surface area contributed by atoms with E-state index >= 15 is 0 Å². The summed E-state index contributed by atoms with van der Waals surface area (Å²) in [6.07, 6.45) is 4.80. The molecule has 2 N–H and O–H groups in total. The topological polar surface area (TPSA) is 52.3 Å². The molecule has 1 rings (SSSR count). The molecule has 0 bridgehead atoms. The van der Waals surface area contributed by atoms with Crippen molar-refractivity contribution in [3.8, 4) is 0 Å². The van der Waals surface area contributed by atoms with Gasteiger partial charge >= 0.3 is 5.97 Å². The number of hydrogen-bond donors (Lipinski definition) is 1. The van der Waals surface area contributed by atoms with Crippen molar-refractivity contribution in [2.45, 2.75) is 44.6 Å². The summed E-state index contributed by atoms with van der Waals surface area (Å²) in [4.78, 5) is 11.1. The molecule has 12 heavy (non-hydrogen) atoms. The average molecular weight is 171 g/mol. The third-order valence-electron chi connectivity index (χ3n) is 2.41. The summed E-state index contributed by atoms with van der Waals surface area (Å²) < 4.78 is 4.84. The molecule has 1 saturated heterocycles. The number of cyclic esters (lactones) is 1. The highest BCUT2D eigenvalue weighted by Gasteiger charge is 2.39. The summed E-state index contributed by atoms with van der Waals surface area (Å²) in [6, 6.07) is 0. The lowest BCUT2D eigenvalue weighted by atomic mass is 9.92. The molecule has 1 aliphatic rings. The minimum absolute atomic E-state index is 0.210. The van der Waals surface area contributed by atoms with Crippen molar-refractivity contribution in [2.75, 3.05) is 6.61 Å². The van der Waals surface area contributed by atoms with Gasteiger partial charge in [0.05, 0.1) is 6.61 Å². The van der Waals surface area contributed by atoms with E-state index in [-0.39, 0.29) is 5.97 Å². The second kappa shape index (κ2) is 3.90. The van der Waals surface area contributed by atoms with Crippen LogP contribution < -0.4 is 5.73 Å². The first kappa shape index (κ1) is 9.52. The molecule has 3 heteroatoms. The fraction of sp³-hybridized carbons (Fsp3) is 0.889. The predicted octanol–water partition coefficient (Wildman–Crippen LogP) is 1.21. The Bertz CT molecular complexity index is 170. The number of nitrogens with two attached hydrogens (primary N) is 1. The van der Waals surface area contributed by atoms with E-state index in [4.69, 9.17) is 10.5 Å². The minimum Gasteiger partial charge on any atom is -0.464 e. The molecule has 0 aromatic rings. The molecule has 1 atom stereocenters. The van der Waals surface area contributed by atoms with Gasteiger partial charge in [-0.3, -0.25) is 4.79 Å². The van der Waals surface area contributed by atoms with Crippen molar-refractivity contribution in [3.63, 3.8) is 0 Å². The predicted molar refractivity (Wildman–Crippen MR) is 46.6 cm³/mol. The smallest absolute Gasteiger partial charge is 0.326 e. The Morgan fingerprint density at radius 2 is 2.33 bits per heavy atom. The van der Waals surface area contributed by atoms with Crippen LogP contribution in [0, 0.1) is 0 Å². The van der Waals surface area contributed by atoms with Crippen molar-refractivity contribution >= 4 is 5.97 Å².